The van der Waals surface area contributed by atoms with Crippen molar-refractivity contribution in [3.8, 4) is 0 Å². The van der Waals surface area contributed by atoms with Crippen molar-refractivity contribution in [2.24, 2.45) is 0 Å². The lowest BCUT2D eigenvalue weighted by Crippen LogP contribution is -2.53. The van der Waals surface area contributed by atoms with E-state index in [9.17, 15) is 9.59 Å². The number of nitrogens with one attached hydrogen (secondary N) is 1. The minimum absolute atomic E-state index is 0.00583. The highest BCUT2D eigenvalue weighted by Crippen LogP contribution is 2.02. The molecule has 0 radical (unpaired) electrons. The molecule has 1 fully saturated rings. The fourth-order valence-electron chi connectivity index (χ4n) is 1.90. The first-order valence-electron chi connectivity index (χ1n) is 6.44. The van der Waals surface area contributed by atoms with Crippen molar-refractivity contribution in [2.45, 2.75) is 13.3 Å². The van der Waals surface area contributed by atoms with E-state index >= 15 is 0 Å². The number of rotatable bonds is 6. The van der Waals surface area contributed by atoms with Gasteiger partial charge in [0.15, 0.2) is 0 Å². The second-order valence-electron chi connectivity index (χ2n) is 4.37. The second kappa shape index (κ2) is 8.05. The molecule has 1 aliphatic rings. The van der Waals surface area contributed by atoms with Gasteiger partial charge in [-0.3, -0.25) is 9.59 Å². The van der Waals surface area contributed by atoms with Gasteiger partial charge < -0.3 is 19.9 Å². The Labute approximate surface area is 108 Å². The summed E-state index contributed by atoms with van der Waals surface area (Å²) in [6.45, 7) is 5.86. The molecule has 0 unspecified atom stereocenters. The molecule has 1 heterocycles. The molecule has 6 heteroatoms. The van der Waals surface area contributed by atoms with Gasteiger partial charge in [-0.05, 0) is 13.0 Å². The molecule has 0 aromatic rings. The third kappa shape index (κ3) is 4.62. The number of carbonyl (C=O) groups is 2. The Balaban J connectivity index is 2.26. The fraction of sp³-hybridized carbons (Fsp3) is 0.833. The molecule has 0 spiro atoms. The van der Waals surface area contributed by atoms with Crippen LogP contribution in [0.15, 0.2) is 0 Å². The lowest BCUT2D eigenvalue weighted by Gasteiger charge is -2.34. The molecule has 1 N–H and O–H groups in total. The summed E-state index contributed by atoms with van der Waals surface area (Å²) < 4.78 is 4.81. The topological polar surface area (TPSA) is 61.9 Å². The van der Waals surface area contributed by atoms with Gasteiger partial charge >= 0.3 is 0 Å². The molecular formula is C12H23N3O3. The average Bonchev–Trinajstić information content (AvgIpc) is 2.39. The van der Waals surface area contributed by atoms with Gasteiger partial charge in [0.05, 0.1) is 6.54 Å². The molecule has 1 saturated heterocycles. The molecule has 0 bridgehead atoms. The van der Waals surface area contributed by atoms with Crippen molar-refractivity contribution in [3.05, 3.63) is 0 Å². The number of methoxy groups -OCH3 is 1. The van der Waals surface area contributed by atoms with Gasteiger partial charge in [0.1, 0.15) is 6.61 Å². The van der Waals surface area contributed by atoms with Crippen molar-refractivity contribution < 1.29 is 14.3 Å². The molecule has 18 heavy (non-hydrogen) atoms. The number of hydrogen-bond donors (Lipinski definition) is 1. The lowest BCUT2D eigenvalue weighted by atomic mass is 10.3. The molecule has 1 aliphatic heterocycles. The zero-order chi connectivity index (χ0) is 13.4. The third-order valence-electron chi connectivity index (χ3n) is 2.96. The van der Waals surface area contributed by atoms with Gasteiger partial charge in [-0.2, -0.15) is 0 Å². The Morgan fingerprint density at radius 2 is 1.67 bits per heavy atom. The molecular weight excluding hydrogens is 234 g/mol. The molecule has 0 atom stereocenters. The van der Waals surface area contributed by atoms with Gasteiger partial charge in [-0.15, -0.1) is 0 Å². The van der Waals surface area contributed by atoms with E-state index in [1.54, 1.807) is 9.80 Å². The molecule has 0 aromatic carbocycles. The van der Waals surface area contributed by atoms with Crippen molar-refractivity contribution in [1.29, 1.82) is 0 Å². The van der Waals surface area contributed by atoms with Gasteiger partial charge in [0.2, 0.25) is 11.8 Å². The van der Waals surface area contributed by atoms with Crippen molar-refractivity contribution in [3.63, 3.8) is 0 Å². The SMILES string of the molecule is CCCNCC(=O)N1CCN(C(=O)COC)CC1. The average molecular weight is 257 g/mol. The van der Waals surface area contributed by atoms with Crippen molar-refractivity contribution in [2.75, 3.05) is 53.0 Å². The summed E-state index contributed by atoms with van der Waals surface area (Å²) in [6.07, 6.45) is 1.02. The van der Waals surface area contributed by atoms with Crippen molar-refractivity contribution >= 4 is 11.8 Å². The molecule has 1 rings (SSSR count). The summed E-state index contributed by atoms with van der Waals surface area (Å²) in [4.78, 5) is 26.9. The Bertz CT molecular complexity index is 276. The van der Waals surface area contributed by atoms with E-state index in [0.29, 0.717) is 32.7 Å². The Morgan fingerprint density at radius 1 is 1.11 bits per heavy atom. The number of amides is 2. The minimum atomic E-state index is -0.00583. The normalized spacial score (nSPS) is 15.9. The number of hydrogen-bond acceptors (Lipinski definition) is 4. The standard InChI is InChI=1S/C12H23N3O3/c1-3-4-13-9-11(16)14-5-7-15(8-6-14)12(17)10-18-2/h13H,3-10H2,1-2H3. The van der Waals surface area contributed by atoms with Crippen LogP contribution >= 0.6 is 0 Å². The molecule has 0 aliphatic carbocycles. The first kappa shape index (κ1) is 14.9. The van der Waals surface area contributed by atoms with Crippen LogP contribution in [0.1, 0.15) is 13.3 Å². The van der Waals surface area contributed by atoms with E-state index in [1.165, 1.54) is 7.11 Å². The fourth-order valence-corrected chi connectivity index (χ4v) is 1.90. The maximum atomic E-state index is 11.8. The van der Waals surface area contributed by atoms with Gasteiger partial charge in [-0.1, -0.05) is 6.92 Å². The number of piperazine rings is 1. The number of carbonyl (C=O) groups excluding carboxylic acids is 2. The molecule has 2 amide bonds. The van der Waals surface area contributed by atoms with E-state index < -0.39 is 0 Å². The predicted octanol–water partition coefficient (Wildman–Crippen LogP) is -0.697. The second-order valence-corrected chi connectivity index (χ2v) is 4.37. The lowest BCUT2D eigenvalue weighted by molar-refractivity contribution is -0.141. The van der Waals surface area contributed by atoms with Crippen LogP contribution < -0.4 is 5.32 Å². The largest absolute Gasteiger partial charge is 0.375 e. The monoisotopic (exact) mass is 257 g/mol. The van der Waals surface area contributed by atoms with Gasteiger partial charge in [0.25, 0.3) is 0 Å². The van der Waals surface area contributed by atoms with Crippen LogP contribution in [0.2, 0.25) is 0 Å². The van der Waals surface area contributed by atoms with E-state index in [4.69, 9.17) is 4.74 Å². The van der Waals surface area contributed by atoms with Gasteiger partial charge in [0, 0.05) is 33.3 Å². The zero-order valence-electron chi connectivity index (χ0n) is 11.3. The highest BCUT2D eigenvalue weighted by Gasteiger charge is 2.23. The summed E-state index contributed by atoms with van der Waals surface area (Å²) in [7, 11) is 1.51. The van der Waals surface area contributed by atoms with Crippen LogP contribution in [-0.4, -0.2) is 74.6 Å². The van der Waals surface area contributed by atoms with Crippen molar-refractivity contribution in [1.82, 2.24) is 15.1 Å². The smallest absolute Gasteiger partial charge is 0.248 e. The van der Waals surface area contributed by atoms with E-state index in [1.807, 2.05) is 0 Å². The molecule has 104 valence electrons. The molecule has 6 nitrogen and oxygen atoms in total. The summed E-state index contributed by atoms with van der Waals surface area (Å²) in [5, 5.41) is 3.09. The molecule has 0 aromatic heterocycles. The minimum Gasteiger partial charge on any atom is -0.375 e. The van der Waals surface area contributed by atoms with Crippen LogP contribution in [0.4, 0.5) is 0 Å². The van der Waals surface area contributed by atoms with Crippen LogP contribution in [0, 0.1) is 0 Å². The van der Waals surface area contributed by atoms with Crippen LogP contribution in [-0.2, 0) is 14.3 Å². The Hall–Kier alpha value is -1.14. The summed E-state index contributed by atoms with van der Waals surface area (Å²) >= 11 is 0. The summed E-state index contributed by atoms with van der Waals surface area (Å²) in [6, 6.07) is 0. The number of ether oxygens (including phenoxy) is 1. The quantitative estimate of drug-likeness (QED) is 0.639. The predicted molar refractivity (Wildman–Crippen MR) is 68.2 cm³/mol. The zero-order valence-corrected chi connectivity index (χ0v) is 11.3. The van der Waals surface area contributed by atoms with E-state index in [0.717, 1.165) is 13.0 Å². The number of nitrogens with zero attached hydrogens (tertiary/aromatic N) is 2. The molecule has 0 saturated carbocycles. The third-order valence-corrected chi connectivity index (χ3v) is 2.96. The highest BCUT2D eigenvalue weighted by molar-refractivity contribution is 5.80. The van der Waals surface area contributed by atoms with E-state index in [-0.39, 0.29) is 18.4 Å². The first-order valence-corrected chi connectivity index (χ1v) is 6.44. The summed E-state index contributed by atoms with van der Waals surface area (Å²) in [5.74, 6) is 0.107. The first-order chi connectivity index (χ1) is 8.69. The highest BCUT2D eigenvalue weighted by atomic mass is 16.5. The maximum Gasteiger partial charge on any atom is 0.248 e. The van der Waals surface area contributed by atoms with Crippen LogP contribution in [0.5, 0.6) is 0 Å². The van der Waals surface area contributed by atoms with Crippen LogP contribution in [0.25, 0.3) is 0 Å². The Kier molecular flexibility index (Phi) is 6.67. The maximum absolute atomic E-state index is 11.8. The van der Waals surface area contributed by atoms with Gasteiger partial charge in [-0.25, -0.2) is 0 Å². The Morgan fingerprint density at radius 3 is 2.17 bits per heavy atom. The van der Waals surface area contributed by atoms with Crippen LogP contribution in [0.3, 0.4) is 0 Å². The van der Waals surface area contributed by atoms with E-state index in [2.05, 4.69) is 12.2 Å². The summed E-state index contributed by atoms with van der Waals surface area (Å²) in [5.41, 5.74) is 0.